The van der Waals surface area contributed by atoms with Gasteiger partial charge >= 0.3 is 0 Å². The molecule has 6 heteroatoms. The Kier molecular flexibility index (Phi) is 3.65. The molecule has 0 aliphatic heterocycles. The lowest BCUT2D eigenvalue weighted by Crippen LogP contribution is -2.14. The summed E-state index contributed by atoms with van der Waals surface area (Å²) in [6.45, 7) is 0. The fourth-order valence-corrected chi connectivity index (χ4v) is 2.90. The quantitative estimate of drug-likeness (QED) is 0.613. The van der Waals surface area contributed by atoms with Crippen LogP contribution in [0.4, 0.5) is 8.78 Å². The summed E-state index contributed by atoms with van der Waals surface area (Å²) in [6.07, 6.45) is 3.46. The molecule has 2 aromatic carbocycles. The molecule has 2 aromatic heterocycles. The molecule has 0 spiro atoms. The maximum atomic E-state index is 14.2. The highest BCUT2D eigenvalue weighted by molar-refractivity contribution is 5.85. The molecule has 0 atom stereocenters. The third-order valence-corrected chi connectivity index (χ3v) is 4.06. The van der Waals surface area contributed by atoms with Crippen LogP contribution in [-0.2, 0) is 6.42 Å². The largest absolute Gasteiger partial charge is 0.472 e. The van der Waals surface area contributed by atoms with Gasteiger partial charge in [-0.1, -0.05) is 24.3 Å². The third kappa shape index (κ3) is 2.71. The molecule has 0 saturated carbocycles. The average Bonchev–Trinajstić information content (AvgIpc) is 3.15. The fourth-order valence-electron chi connectivity index (χ4n) is 2.90. The molecule has 4 aromatic rings. The number of hydrogen-bond acceptors (Lipinski definition) is 3. The summed E-state index contributed by atoms with van der Waals surface area (Å²) in [5.41, 5.74) is 2.23. The Balaban J connectivity index is 1.82. The number of H-pyrrole nitrogens is 1. The molecule has 0 aliphatic carbocycles. The van der Waals surface area contributed by atoms with E-state index < -0.39 is 17.2 Å². The van der Waals surface area contributed by atoms with E-state index in [1.54, 1.807) is 12.5 Å². The van der Waals surface area contributed by atoms with Crippen molar-refractivity contribution in [3.05, 3.63) is 88.2 Å². The molecule has 0 saturated heterocycles. The minimum absolute atomic E-state index is 0.0857. The lowest BCUT2D eigenvalue weighted by Gasteiger charge is -2.08. The Labute approximate surface area is 140 Å². The summed E-state index contributed by atoms with van der Waals surface area (Å²) in [4.78, 5) is 11.8. The molecule has 4 rings (SSSR count). The number of hydrogen-bond donors (Lipinski definition) is 1. The van der Waals surface area contributed by atoms with Crippen LogP contribution in [0.2, 0.25) is 0 Å². The summed E-state index contributed by atoms with van der Waals surface area (Å²) in [5, 5.41) is 5.78. The molecule has 0 aliphatic rings. The number of nitrogens with one attached hydrogen (secondary N) is 1. The van der Waals surface area contributed by atoms with Gasteiger partial charge in [0.2, 0.25) is 0 Å². The predicted molar refractivity (Wildman–Crippen MR) is 89.2 cm³/mol. The molecule has 0 radical (unpaired) electrons. The van der Waals surface area contributed by atoms with Gasteiger partial charge in [0.05, 0.1) is 23.6 Å². The minimum Gasteiger partial charge on any atom is -0.472 e. The van der Waals surface area contributed by atoms with Crippen molar-refractivity contribution in [3.63, 3.8) is 0 Å². The molecule has 0 unspecified atom stereocenters. The summed E-state index contributed by atoms with van der Waals surface area (Å²) < 4.78 is 33.3. The van der Waals surface area contributed by atoms with Gasteiger partial charge < -0.3 is 4.42 Å². The highest BCUT2D eigenvalue weighted by Crippen LogP contribution is 2.25. The first kappa shape index (κ1) is 15.3. The van der Waals surface area contributed by atoms with Gasteiger partial charge in [0.15, 0.2) is 0 Å². The summed E-state index contributed by atoms with van der Waals surface area (Å²) >= 11 is 0. The van der Waals surface area contributed by atoms with Crippen LogP contribution in [0.5, 0.6) is 0 Å². The monoisotopic (exact) mass is 338 g/mol. The second-order valence-corrected chi connectivity index (χ2v) is 5.67. The van der Waals surface area contributed by atoms with Crippen LogP contribution in [0, 0.1) is 11.6 Å². The SMILES string of the molecule is O=c1[nH]nc(Cc2cccc(-c3ccoc3)c2)c2c(F)ccc(F)c12. The Morgan fingerprint density at radius 1 is 1.00 bits per heavy atom. The maximum Gasteiger partial charge on any atom is 0.275 e. The van der Waals surface area contributed by atoms with E-state index in [9.17, 15) is 13.6 Å². The molecule has 25 heavy (non-hydrogen) atoms. The minimum atomic E-state index is -0.770. The number of fused-ring (bicyclic) bond motifs is 1. The van der Waals surface area contributed by atoms with Crippen LogP contribution in [0.25, 0.3) is 21.9 Å². The number of aromatic nitrogens is 2. The van der Waals surface area contributed by atoms with Crippen LogP contribution in [0.1, 0.15) is 11.3 Å². The molecule has 2 heterocycles. The van der Waals surface area contributed by atoms with E-state index in [0.717, 1.165) is 28.8 Å². The van der Waals surface area contributed by atoms with E-state index in [0.29, 0.717) is 0 Å². The molecular formula is C19H12F2N2O2. The number of rotatable bonds is 3. The van der Waals surface area contributed by atoms with E-state index in [2.05, 4.69) is 10.2 Å². The van der Waals surface area contributed by atoms with E-state index in [4.69, 9.17) is 4.42 Å². The van der Waals surface area contributed by atoms with Crippen LogP contribution < -0.4 is 5.56 Å². The summed E-state index contributed by atoms with van der Waals surface area (Å²) in [6, 6.07) is 11.3. The van der Waals surface area contributed by atoms with Gasteiger partial charge in [0.25, 0.3) is 5.56 Å². The van der Waals surface area contributed by atoms with Crippen molar-refractivity contribution in [2.24, 2.45) is 0 Å². The Hall–Kier alpha value is -3.28. The molecule has 4 nitrogen and oxygen atoms in total. The van der Waals surface area contributed by atoms with E-state index >= 15 is 0 Å². The zero-order valence-corrected chi connectivity index (χ0v) is 12.9. The topological polar surface area (TPSA) is 58.9 Å². The smallest absolute Gasteiger partial charge is 0.275 e. The van der Waals surface area contributed by atoms with Gasteiger partial charge in [-0.05, 0) is 29.3 Å². The van der Waals surface area contributed by atoms with Gasteiger partial charge in [-0.25, -0.2) is 13.9 Å². The molecule has 0 fully saturated rings. The first-order valence-electron chi connectivity index (χ1n) is 7.60. The van der Waals surface area contributed by atoms with Crippen molar-refractivity contribution in [1.82, 2.24) is 10.2 Å². The second kappa shape index (κ2) is 5.98. The third-order valence-electron chi connectivity index (χ3n) is 4.06. The Bertz CT molecular complexity index is 1120. The van der Waals surface area contributed by atoms with Crippen LogP contribution >= 0.6 is 0 Å². The van der Waals surface area contributed by atoms with Gasteiger partial charge in [-0.3, -0.25) is 4.79 Å². The van der Waals surface area contributed by atoms with Crippen molar-refractivity contribution < 1.29 is 13.2 Å². The Morgan fingerprint density at radius 3 is 2.56 bits per heavy atom. The van der Waals surface area contributed by atoms with Gasteiger partial charge in [-0.15, -0.1) is 0 Å². The molecular weight excluding hydrogens is 326 g/mol. The number of aromatic amines is 1. The van der Waals surface area contributed by atoms with Gasteiger partial charge in [-0.2, -0.15) is 5.10 Å². The highest BCUT2D eigenvalue weighted by Gasteiger charge is 2.15. The first-order chi connectivity index (χ1) is 12.1. The molecule has 124 valence electrons. The van der Waals surface area contributed by atoms with Crippen molar-refractivity contribution in [2.75, 3.05) is 0 Å². The van der Waals surface area contributed by atoms with Crippen LogP contribution in [0.3, 0.4) is 0 Å². The molecule has 0 amide bonds. The van der Waals surface area contributed by atoms with Crippen molar-refractivity contribution in [3.8, 4) is 11.1 Å². The lowest BCUT2D eigenvalue weighted by molar-refractivity contribution is 0.568. The normalized spacial score (nSPS) is 11.1. The van der Waals surface area contributed by atoms with Crippen molar-refractivity contribution >= 4 is 10.8 Å². The second-order valence-electron chi connectivity index (χ2n) is 5.67. The van der Waals surface area contributed by atoms with E-state index in [1.807, 2.05) is 30.3 Å². The molecule has 1 N–H and O–H groups in total. The standard InChI is InChI=1S/C19H12F2N2O2/c20-14-4-5-15(21)18-17(14)16(22-23-19(18)24)9-11-2-1-3-12(8-11)13-6-7-25-10-13/h1-8,10H,9H2,(H,23,24). The number of benzene rings is 2. The first-order valence-corrected chi connectivity index (χ1v) is 7.60. The predicted octanol–water partition coefficient (Wildman–Crippen LogP) is 4.05. The van der Waals surface area contributed by atoms with Gasteiger partial charge in [0, 0.05) is 17.4 Å². The van der Waals surface area contributed by atoms with Crippen LogP contribution in [0.15, 0.2) is 64.2 Å². The summed E-state index contributed by atoms with van der Waals surface area (Å²) in [5.74, 6) is -1.44. The van der Waals surface area contributed by atoms with Crippen molar-refractivity contribution in [1.29, 1.82) is 0 Å². The van der Waals surface area contributed by atoms with E-state index in [-0.39, 0.29) is 22.9 Å². The van der Waals surface area contributed by atoms with Crippen molar-refractivity contribution in [2.45, 2.75) is 6.42 Å². The zero-order chi connectivity index (χ0) is 17.4. The van der Waals surface area contributed by atoms with E-state index in [1.165, 1.54) is 0 Å². The number of furan rings is 1. The Morgan fingerprint density at radius 2 is 1.80 bits per heavy atom. The average molecular weight is 338 g/mol. The molecule has 0 bridgehead atoms. The maximum absolute atomic E-state index is 14.2. The van der Waals surface area contributed by atoms with Crippen LogP contribution in [-0.4, -0.2) is 10.2 Å². The summed E-state index contributed by atoms with van der Waals surface area (Å²) in [7, 11) is 0. The zero-order valence-electron chi connectivity index (χ0n) is 12.9. The van der Waals surface area contributed by atoms with Gasteiger partial charge in [0.1, 0.15) is 11.6 Å². The fraction of sp³-hybridized carbons (Fsp3) is 0.0526. The highest BCUT2D eigenvalue weighted by atomic mass is 19.1. The lowest BCUT2D eigenvalue weighted by atomic mass is 10.0. The number of nitrogens with zero attached hydrogens (tertiary/aromatic N) is 1. The number of halogens is 2.